The minimum atomic E-state index is -5.05. The average Bonchev–Trinajstić information content (AvgIpc) is 2.75. The van der Waals surface area contributed by atoms with Crippen LogP contribution in [0.4, 0.5) is 28.0 Å². The van der Waals surface area contributed by atoms with Crippen molar-refractivity contribution in [2.75, 3.05) is 11.9 Å². The average molecular weight is 448 g/mol. The summed E-state index contributed by atoms with van der Waals surface area (Å²) in [6, 6.07) is 8.78. The van der Waals surface area contributed by atoms with E-state index in [-0.39, 0.29) is 18.6 Å². The first-order valence-electron chi connectivity index (χ1n) is 9.40. The van der Waals surface area contributed by atoms with E-state index in [1.807, 2.05) is 0 Å². The number of fused-ring (bicyclic) bond motifs is 1. The van der Waals surface area contributed by atoms with Crippen molar-refractivity contribution in [3.05, 3.63) is 78.1 Å². The van der Waals surface area contributed by atoms with Gasteiger partial charge >= 0.3 is 12.4 Å². The highest BCUT2D eigenvalue weighted by molar-refractivity contribution is 5.90. The summed E-state index contributed by atoms with van der Waals surface area (Å²) < 4.78 is 61.5. The van der Waals surface area contributed by atoms with Crippen LogP contribution in [0.5, 0.6) is 11.5 Å². The number of carbonyl (C=O) groups is 1. The van der Waals surface area contributed by atoms with E-state index in [0.29, 0.717) is 17.1 Å². The molecule has 0 fully saturated rings. The predicted octanol–water partition coefficient (Wildman–Crippen LogP) is 4.36. The molecule has 7 nitrogen and oxygen atoms in total. The number of urea groups is 1. The smallest absolute Gasteiger partial charge is 0.491 e. The summed E-state index contributed by atoms with van der Waals surface area (Å²) in [6.07, 6.45) is -0.436. The van der Waals surface area contributed by atoms with Gasteiger partial charge in [0, 0.05) is 30.7 Å². The van der Waals surface area contributed by atoms with Gasteiger partial charge in [-0.2, -0.15) is 0 Å². The van der Waals surface area contributed by atoms with E-state index in [4.69, 9.17) is 4.74 Å². The van der Waals surface area contributed by atoms with Crippen molar-refractivity contribution in [3.8, 4) is 11.5 Å². The Labute approximate surface area is 179 Å². The molecule has 0 spiro atoms. The minimum Gasteiger partial charge on any atom is -0.491 e. The molecule has 166 valence electrons. The van der Waals surface area contributed by atoms with Crippen LogP contribution >= 0.6 is 0 Å². The van der Waals surface area contributed by atoms with Crippen molar-refractivity contribution in [3.63, 3.8) is 0 Å². The second-order valence-electron chi connectivity index (χ2n) is 6.86. The van der Waals surface area contributed by atoms with E-state index < -0.39 is 29.5 Å². The molecule has 1 aromatic carbocycles. The van der Waals surface area contributed by atoms with Gasteiger partial charge in [0.15, 0.2) is 11.6 Å². The highest BCUT2D eigenvalue weighted by Gasteiger charge is 2.43. The fourth-order valence-corrected chi connectivity index (χ4v) is 3.50. The van der Waals surface area contributed by atoms with Crippen LogP contribution in [0.25, 0.3) is 0 Å². The molecule has 3 aromatic rings. The van der Waals surface area contributed by atoms with Crippen LogP contribution in [0.15, 0.2) is 61.1 Å². The van der Waals surface area contributed by atoms with Gasteiger partial charge in [0.05, 0.1) is 6.61 Å². The van der Waals surface area contributed by atoms with Crippen LogP contribution in [0, 0.1) is 5.82 Å². The van der Waals surface area contributed by atoms with E-state index in [1.54, 1.807) is 24.3 Å². The van der Waals surface area contributed by atoms with Crippen molar-refractivity contribution in [2.45, 2.75) is 18.3 Å². The highest BCUT2D eigenvalue weighted by atomic mass is 19.4. The van der Waals surface area contributed by atoms with Crippen LogP contribution in [0.2, 0.25) is 0 Å². The van der Waals surface area contributed by atoms with Gasteiger partial charge in [-0.05, 0) is 42.0 Å². The number of carbonyl (C=O) groups excluding carboxylic acids is 1. The van der Waals surface area contributed by atoms with E-state index in [1.165, 1.54) is 24.7 Å². The molecule has 2 amide bonds. The summed E-state index contributed by atoms with van der Waals surface area (Å²) in [5.74, 6) is -1.86. The number of nitrogens with one attached hydrogen (secondary N) is 2. The molecule has 0 saturated carbocycles. The molecule has 1 aliphatic heterocycles. The van der Waals surface area contributed by atoms with Crippen molar-refractivity contribution < 1.29 is 31.8 Å². The second-order valence-corrected chi connectivity index (χ2v) is 6.86. The second kappa shape index (κ2) is 8.33. The summed E-state index contributed by atoms with van der Waals surface area (Å²) in [6.45, 7) is 0.149. The Morgan fingerprint density at radius 3 is 2.62 bits per heavy atom. The zero-order chi connectivity index (χ0) is 22.8. The third-order valence-corrected chi connectivity index (χ3v) is 4.83. The zero-order valence-corrected chi connectivity index (χ0v) is 16.3. The van der Waals surface area contributed by atoms with Gasteiger partial charge in [-0.15, -0.1) is 13.2 Å². The fourth-order valence-electron chi connectivity index (χ4n) is 3.50. The summed E-state index contributed by atoms with van der Waals surface area (Å²) in [7, 11) is 0. The van der Waals surface area contributed by atoms with Gasteiger partial charge in [-0.25, -0.2) is 9.18 Å². The maximum absolute atomic E-state index is 14.6. The van der Waals surface area contributed by atoms with Crippen molar-refractivity contribution >= 4 is 11.7 Å². The minimum absolute atomic E-state index is 0.149. The van der Waals surface area contributed by atoms with Gasteiger partial charge in [0.2, 0.25) is 0 Å². The molecule has 1 unspecified atom stereocenters. The highest BCUT2D eigenvalue weighted by Crippen LogP contribution is 2.41. The molecule has 0 aliphatic carbocycles. The predicted molar refractivity (Wildman–Crippen MR) is 105 cm³/mol. The number of halogens is 4. The number of hydrogen-bond donors (Lipinski definition) is 2. The molecule has 0 saturated heterocycles. The first kappa shape index (κ1) is 21.3. The fraction of sp³-hybridized carbons (Fsp3) is 0.190. The number of pyridine rings is 2. The van der Waals surface area contributed by atoms with E-state index >= 15 is 0 Å². The SMILES string of the molecule is O=C(Nc1ccncc1)NC1(c2ccc(OC(F)(F)F)c(F)c2)CCOc2cccnc21. The van der Waals surface area contributed by atoms with Gasteiger partial charge in [-0.3, -0.25) is 9.97 Å². The molecule has 0 bridgehead atoms. The number of ether oxygens (including phenoxy) is 2. The van der Waals surface area contributed by atoms with E-state index in [2.05, 4.69) is 25.3 Å². The van der Waals surface area contributed by atoms with Gasteiger partial charge in [0.1, 0.15) is 17.0 Å². The molecule has 1 atom stereocenters. The van der Waals surface area contributed by atoms with Crippen LogP contribution < -0.4 is 20.1 Å². The van der Waals surface area contributed by atoms with Crippen molar-refractivity contribution in [1.82, 2.24) is 15.3 Å². The quantitative estimate of drug-likeness (QED) is 0.580. The number of amides is 2. The zero-order valence-electron chi connectivity index (χ0n) is 16.3. The maximum Gasteiger partial charge on any atom is 0.573 e. The third kappa shape index (κ3) is 4.41. The Hall–Kier alpha value is -3.89. The number of anilines is 1. The monoisotopic (exact) mass is 448 g/mol. The molecule has 32 heavy (non-hydrogen) atoms. The molecule has 4 rings (SSSR count). The summed E-state index contributed by atoms with van der Waals surface area (Å²) >= 11 is 0. The lowest BCUT2D eigenvalue weighted by atomic mass is 9.81. The molecule has 11 heteroatoms. The van der Waals surface area contributed by atoms with Crippen LogP contribution in [0.1, 0.15) is 17.7 Å². The molecule has 1 aliphatic rings. The lowest BCUT2D eigenvalue weighted by molar-refractivity contribution is -0.275. The van der Waals surface area contributed by atoms with Crippen molar-refractivity contribution in [1.29, 1.82) is 0 Å². The molecule has 3 heterocycles. The number of rotatable bonds is 4. The largest absolute Gasteiger partial charge is 0.573 e. The first-order valence-corrected chi connectivity index (χ1v) is 9.40. The van der Waals surface area contributed by atoms with Gasteiger partial charge in [-0.1, -0.05) is 6.07 Å². The first-order chi connectivity index (χ1) is 15.3. The van der Waals surface area contributed by atoms with E-state index in [9.17, 15) is 22.4 Å². The Balaban J connectivity index is 1.74. The van der Waals surface area contributed by atoms with E-state index in [0.717, 1.165) is 12.1 Å². The Bertz CT molecular complexity index is 1130. The normalized spacial score (nSPS) is 17.6. The summed E-state index contributed by atoms with van der Waals surface area (Å²) in [4.78, 5) is 21.0. The number of hydrogen-bond acceptors (Lipinski definition) is 5. The van der Waals surface area contributed by atoms with Crippen LogP contribution in [-0.2, 0) is 5.54 Å². The Morgan fingerprint density at radius 2 is 1.91 bits per heavy atom. The standard InChI is InChI=1S/C21H16F4N4O3/c22-15-12-13(3-4-16(15)32-21(23,24)25)20(7-11-31-17-2-1-8-27-18(17)20)29-19(30)28-14-5-9-26-10-6-14/h1-6,8-10,12H,7,11H2,(H2,26,28,29,30). The van der Waals surface area contributed by atoms with Gasteiger partial charge < -0.3 is 20.1 Å². The third-order valence-electron chi connectivity index (χ3n) is 4.83. The summed E-state index contributed by atoms with van der Waals surface area (Å²) in [5, 5.41) is 5.45. The maximum atomic E-state index is 14.6. The molecular weight excluding hydrogens is 432 g/mol. The Kier molecular flexibility index (Phi) is 5.56. The summed E-state index contributed by atoms with van der Waals surface area (Å²) in [5.41, 5.74) is -0.442. The number of benzene rings is 1. The molecule has 0 radical (unpaired) electrons. The number of nitrogens with zero attached hydrogens (tertiary/aromatic N) is 2. The van der Waals surface area contributed by atoms with Crippen molar-refractivity contribution in [2.24, 2.45) is 0 Å². The van der Waals surface area contributed by atoms with Crippen LogP contribution in [0.3, 0.4) is 0 Å². The lowest BCUT2D eigenvalue weighted by Gasteiger charge is -2.39. The molecule has 2 N–H and O–H groups in total. The number of alkyl halides is 3. The molecular formula is C21H16F4N4O3. The lowest BCUT2D eigenvalue weighted by Crippen LogP contribution is -2.51. The number of aromatic nitrogens is 2. The molecule has 2 aromatic heterocycles. The van der Waals surface area contributed by atoms with Crippen LogP contribution in [-0.4, -0.2) is 29.0 Å². The topological polar surface area (TPSA) is 85.4 Å². The Morgan fingerprint density at radius 1 is 1.12 bits per heavy atom. The van der Waals surface area contributed by atoms with Gasteiger partial charge in [0.25, 0.3) is 0 Å².